The van der Waals surface area contributed by atoms with Gasteiger partial charge in [0.25, 0.3) is 0 Å². The van der Waals surface area contributed by atoms with Crippen LogP contribution < -0.4 is 4.72 Å². The molecule has 2 N–H and O–H groups in total. The maximum Gasteiger partial charge on any atom is 0.242 e. The number of hydrogen-bond donors (Lipinski definition) is 2. The predicted octanol–water partition coefficient (Wildman–Crippen LogP) is 1.81. The summed E-state index contributed by atoms with van der Waals surface area (Å²) in [5.74, 6) is 0.442. The average Bonchev–Trinajstić information content (AvgIpc) is 2.84. The van der Waals surface area contributed by atoms with E-state index in [1.807, 2.05) is 6.26 Å². The van der Waals surface area contributed by atoms with Crippen molar-refractivity contribution in [3.63, 3.8) is 0 Å². The highest BCUT2D eigenvalue weighted by molar-refractivity contribution is 7.98. The molecule has 2 rings (SSSR count). The molecule has 0 aromatic heterocycles. The Balaban J connectivity index is 2.21. The van der Waals surface area contributed by atoms with Gasteiger partial charge in [-0.05, 0) is 25.3 Å². The predicted molar refractivity (Wildman–Crippen MR) is 82.2 cm³/mol. The van der Waals surface area contributed by atoms with Crippen molar-refractivity contribution in [2.75, 3.05) is 18.6 Å². The van der Waals surface area contributed by atoms with Crippen molar-refractivity contribution in [3.8, 4) is 0 Å². The number of benzene rings is 1. The van der Waals surface area contributed by atoms with Crippen LogP contribution in [0.5, 0.6) is 0 Å². The fourth-order valence-electron chi connectivity index (χ4n) is 1.69. The van der Waals surface area contributed by atoms with Gasteiger partial charge in [0.05, 0.1) is 17.0 Å². The molecule has 0 saturated heterocycles. The first-order chi connectivity index (χ1) is 9.36. The van der Waals surface area contributed by atoms with Gasteiger partial charge in [-0.15, -0.1) is 0 Å². The molecule has 0 aliphatic carbocycles. The van der Waals surface area contributed by atoms with Crippen LogP contribution in [0.1, 0.15) is 6.92 Å². The molecule has 0 spiro atoms. The monoisotopic (exact) mass is 333 g/mol. The highest BCUT2D eigenvalue weighted by atomic mass is 32.2. The Morgan fingerprint density at radius 1 is 1.45 bits per heavy atom. The quantitative estimate of drug-likeness (QED) is 0.843. The lowest BCUT2D eigenvalue weighted by molar-refractivity contribution is 0.0908. The van der Waals surface area contributed by atoms with Crippen LogP contribution in [-0.2, 0) is 21.4 Å². The molecule has 6 nitrogen and oxygen atoms in total. The van der Waals surface area contributed by atoms with Crippen molar-refractivity contribution < 1.29 is 13.5 Å². The zero-order valence-electron chi connectivity index (χ0n) is 11.0. The topological polar surface area (TPSA) is 91.1 Å². The number of nitrogens with one attached hydrogen (secondary N) is 1. The van der Waals surface area contributed by atoms with Gasteiger partial charge in [0, 0.05) is 12.3 Å². The highest BCUT2D eigenvalue weighted by Gasteiger charge is 2.26. The molecule has 0 saturated carbocycles. The number of sulfonamides is 1. The van der Waals surface area contributed by atoms with E-state index in [1.165, 1.54) is 17.8 Å². The van der Waals surface area contributed by atoms with E-state index in [0.717, 1.165) is 11.4 Å². The number of rotatable bonds is 6. The lowest BCUT2D eigenvalue weighted by atomic mass is 10.1. The fraction of sp³-hybridized carbons (Fsp3) is 0.455. The van der Waals surface area contributed by atoms with Crippen molar-refractivity contribution >= 4 is 44.5 Å². The maximum atomic E-state index is 12.3. The molecule has 1 heterocycles. The molecule has 1 aromatic carbocycles. The third-order valence-electron chi connectivity index (χ3n) is 2.64. The Morgan fingerprint density at radius 2 is 2.20 bits per heavy atom. The van der Waals surface area contributed by atoms with E-state index in [4.69, 9.17) is 0 Å². The number of hydrogen-bond acceptors (Lipinski definition) is 6. The Kier molecular flexibility index (Phi) is 4.65. The average molecular weight is 333 g/mol. The summed E-state index contributed by atoms with van der Waals surface area (Å²) in [7, 11) is -3.72. The van der Waals surface area contributed by atoms with E-state index in [0.29, 0.717) is 17.1 Å². The molecule has 9 heteroatoms. The molecular formula is C11H15N3O3S3. The highest BCUT2D eigenvalue weighted by Crippen LogP contribution is 2.37. The molecule has 20 heavy (non-hydrogen) atoms. The molecule has 1 aliphatic rings. The van der Waals surface area contributed by atoms with Gasteiger partial charge in [-0.2, -0.15) is 20.5 Å². The van der Waals surface area contributed by atoms with Crippen LogP contribution in [0.25, 0.3) is 0 Å². The van der Waals surface area contributed by atoms with Crippen molar-refractivity contribution in [1.29, 1.82) is 0 Å². The summed E-state index contributed by atoms with van der Waals surface area (Å²) in [5.41, 5.74) is -0.191. The number of thioether (sulfide) groups is 1. The van der Waals surface area contributed by atoms with E-state index in [9.17, 15) is 13.5 Å². The summed E-state index contributed by atoms with van der Waals surface area (Å²) < 4.78 is 35.1. The molecule has 0 radical (unpaired) electrons. The SMILES string of the molecule is CSCC(C)(O)CNS(=O)(=O)c1cccc2c1N=S=N2. The standard InChI is InChI=1S/C11H15N3O3S3/c1-11(15,7-18-2)6-12-20(16,17)9-5-3-4-8-10(9)14-19-13-8/h3-5,12,15H,6-7H2,1-2H3. The van der Waals surface area contributed by atoms with Gasteiger partial charge in [-0.3, -0.25) is 0 Å². The van der Waals surface area contributed by atoms with Gasteiger partial charge in [0.1, 0.15) is 16.3 Å². The van der Waals surface area contributed by atoms with Gasteiger partial charge in [0.2, 0.25) is 10.0 Å². The second-order valence-electron chi connectivity index (χ2n) is 4.64. The summed E-state index contributed by atoms with van der Waals surface area (Å²) in [4.78, 5) is 0.0868. The van der Waals surface area contributed by atoms with Crippen LogP contribution in [0, 0.1) is 0 Å². The second-order valence-corrected chi connectivity index (χ2v) is 7.77. The zero-order chi connectivity index (χ0) is 14.8. The van der Waals surface area contributed by atoms with E-state index >= 15 is 0 Å². The molecule has 1 aliphatic heterocycles. The van der Waals surface area contributed by atoms with Gasteiger partial charge in [-0.1, -0.05) is 6.07 Å². The Bertz CT molecular complexity index is 679. The van der Waals surface area contributed by atoms with Crippen LogP contribution in [0.3, 0.4) is 0 Å². The normalized spacial score (nSPS) is 16.6. The Hall–Kier alpha value is -0.740. The van der Waals surface area contributed by atoms with Crippen molar-refractivity contribution in [2.45, 2.75) is 17.4 Å². The van der Waals surface area contributed by atoms with Crippen LogP contribution in [0.2, 0.25) is 0 Å². The van der Waals surface area contributed by atoms with Crippen molar-refractivity contribution in [2.24, 2.45) is 8.73 Å². The van der Waals surface area contributed by atoms with E-state index in [2.05, 4.69) is 13.4 Å². The lowest BCUT2D eigenvalue weighted by Crippen LogP contribution is -2.42. The molecule has 110 valence electrons. The molecule has 1 aromatic rings. The third-order valence-corrected chi connectivity index (χ3v) is 5.52. The minimum absolute atomic E-state index is 0.0515. The maximum absolute atomic E-state index is 12.3. The minimum atomic E-state index is -3.72. The van der Waals surface area contributed by atoms with E-state index in [-0.39, 0.29) is 11.4 Å². The first-order valence-corrected chi connectivity index (χ1v) is 9.39. The number of aliphatic hydroxyl groups is 1. The third kappa shape index (κ3) is 3.47. The van der Waals surface area contributed by atoms with Gasteiger partial charge < -0.3 is 5.11 Å². The van der Waals surface area contributed by atoms with E-state index < -0.39 is 15.6 Å². The van der Waals surface area contributed by atoms with E-state index in [1.54, 1.807) is 19.1 Å². The van der Waals surface area contributed by atoms with Crippen molar-refractivity contribution in [1.82, 2.24) is 4.72 Å². The molecule has 0 bridgehead atoms. The van der Waals surface area contributed by atoms with Crippen LogP contribution in [0.4, 0.5) is 11.4 Å². The summed E-state index contributed by atoms with van der Waals surface area (Å²) in [6, 6.07) is 4.81. The van der Waals surface area contributed by atoms with Gasteiger partial charge in [0.15, 0.2) is 0 Å². The summed E-state index contributed by atoms with van der Waals surface area (Å²) in [5, 5.41) is 10.0. The Morgan fingerprint density at radius 3 is 2.90 bits per heavy atom. The molecule has 1 unspecified atom stereocenters. The molecule has 0 fully saturated rings. The van der Waals surface area contributed by atoms with Crippen LogP contribution in [0.15, 0.2) is 31.8 Å². The largest absolute Gasteiger partial charge is 0.388 e. The first-order valence-electron chi connectivity index (χ1n) is 5.78. The number of nitrogens with zero attached hydrogens (tertiary/aromatic N) is 2. The lowest BCUT2D eigenvalue weighted by Gasteiger charge is -2.22. The molecule has 0 amide bonds. The van der Waals surface area contributed by atoms with Crippen molar-refractivity contribution in [3.05, 3.63) is 18.2 Å². The first kappa shape index (κ1) is 15.6. The Labute approximate surface area is 125 Å². The van der Waals surface area contributed by atoms with Gasteiger partial charge >= 0.3 is 0 Å². The summed E-state index contributed by atoms with van der Waals surface area (Å²) >= 11 is 2.42. The van der Waals surface area contributed by atoms with Crippen LogP contribution >= 0.6 is 11.8 Å². The molecular weight excluding hydrogens is 318 g/mol. The summed E-state index contributed by atoms with van der Waals surface area (Å²) in [6.45, 7) is 1.54. The minimum Gasteiger partial charge on any atom is -0.388 e. The summed E-state index contributed by atoms with van der Waals surface area (Å²) in [6.07, 6.45) is 1.85. The second kappa shape index (κ2) is 5.94. The van der Waals surface area contributed by atoms with Gasteiger partial charge in [-0.25, -0.2) is 13.1 Å². The smallest absolute Gasteiger partial charge is 0.242 e. The molecule has 1 atom stereocenters. The van der Waals surface area contributed by atoms with Crippen LogP contribution in [-0.4, -0.2) is 37.7 Å². The zero-order valence-corrected chi connectivity index (χ0v) is 13.5. The number of fused-ring (bicyclic) bond motifs is 1. The fourth-order valence-corrected chi connectivity index (χ4v) is 4.34.